The zero-order valence-corrected chi connectivity index (χ0v) is 14.7. The molecule has 5 heteroatoms. The Morgan fingerprint density at radius 3 is 2.36 bits per heavy atom. The zero-order valence-electron chi connectivity index (χ0n) is 14.7. The SMILES string of the molecule is CC.CC.CNC1CC(Oc2ccc(OCC(C)=O)cn2)C1. The molecule has 0 bridgehead atoms. The second-order valence-electron chi connectivity index (χ2n) is 4.52. The van der Waals surface area contributed by atoms with Gasteiger partial charge in [0.25, 0.3) is 0 Å². The van der Waals surface area contributed by atoms with Crippen LogP contribution in [0.15, 0.2) is 18.3 Å². The van der Waals surface area contributed by atoms with Crippen LogP contribution in [0.1, 0.15) is 47.5 Å². The minimum absolute atomic E-state index is 0.0112. The highest BCUT2D eigenvalue weighted by molar-refractivity contribution is 5.77. The minimum Gasteiger partial charge on any atom is -0.484 e. The Balaban J connectivity index is 0.00000102. The smallest absolute Gasteiger partial charge is 0.213 e. The number of rotatable bonds is 6. The van der Waals surface area contributed by atoms with Crippen molar-refractivity contribution in [2.75, 3.05) is 13.7 Å². The van der Waals surface area contributed by atoms with Crippen LogP contribution < -0.4 is 14.8 Å². The Kier molecular flexibility index (Phi) is 11.1. The summed E-state index contributed by atoms with van der Waals surface area (Å²) in [5.41, 5.74) is 0. The lowest BCUT2D eigenvalue weighted by atomic mass is 9.89. The van der Waals surface area contributed by atoms with Gasteiger partial charge in [0.05, 0.1) is 6.20 Å². The first-order chi connectivity index (χ1) is 10.7. The predicted octanol–water partition coefficient (Wildman–Crippen LogP) is 3.23. The molecule has 0 aromatic carbocycles. The van der Waals surface area contributed by atoms with Gasteiger partial charge in [0, 0.05) is 12.1 Å². The molecule has 22 heavy (non-hydrogen) atoms. The summed E-state index contributed by atoms with van der Waals surface area (Å²) in [6, 6.07) is 4.09. The highest BCUT2D eigenvalue weighted by atomic mass is 16.5. The molecular formula is C17H30N2O3. The quantitative estimate of drug-likeness (QED) is 0.874. The Morgan fingerprint density at radius 1 is 1.27 bits per heavy atom. The topological polar surface area (TPSA) is 60.5 Å². The molecule has 0 radical (unpaired) electrons. The van der Waals surface area contributed by atoms with E-state index in [9.17, 15) is 4.79 Å². The molecule has 1 aliphatic carbocycles. The van der Waals surface area contributed by atoms with E-state index in [0.29, 0.717) is 17.7 Å². The molecule has 5 nitrogen and oxygen atoms in total. The summed E-state index contributed by atoms with van der Waals surface area (Å²) >= 11 is 0. The monoisotopic (exact) mass is 310 g/mol. The van der Waals surface area contributed by atoms with Crippen LogP contribution in [0.5, 0.6) is 11.6 Å². The fourth-order valence-corrected chi connectivity index (χ4v) is 1.78. The molecule has 1 aromatic heterocycles. The van der Waals surface area contributed by atoms with Gasteiger partial charge in [-0.3, -0.25) is 4.79 Å². The molecule has 126 valence electrons. The maximum absolute atomic E-state index is 10.8. The van der Waals surface area contributed by atoms with Gasteiger partial charge in [-0.1, -0.05) is 27.7 Å². The molecule has 1 N–H and O–H groups in total. The van der Waals surface area contributed by atoms with Crippen molar-refractivity contribution in [2.24, 2.45) is 0 Å². The number of pyridine rings is 1. The number of nitrogens with zero attached hydrogens (tertiary/aromatic N) is 1. The predicted molar refractivity (Wildman–Crippen MR) is 89.6 cm³/mol. The Bertz CT molecular complexity index is 401. The fraction of sp³-hybridized carbons (Fsp3) is 0.647. The summed E-state index contributed by atoms with van der Waals surface area (Å²) in [5.74, 6) is 1.17. The molecule has 2 rings (SSSR count). The number of ketones is 1. The lowest BCUT2D eigenvalue weighted by Crippen LogP contribution is -2.45. The second-order valence-corrected chi connectivity index (χ2v) is 4.52. The highest BCUT2D eigenvalue weighted by Crippen LogP contribution is 2.25. The van der Waals surface area contributed by atoms with Crippen molar-refractivity contribution in [3.05, 3.63) is 18.3 Å². The lowest BCUT2D eigenvalue weighted by Gasteiger charge is -2.34. The Morgan fingerprint density at radius 2 is 1.91 bits per heavy atom. The molecule has 0 unspecified atom stereocenters. The van der Waals surface area contributed by atoms with Crippen molar-refractivity contribution in [3.63, 3.8) is 0 Å². The van der Waals surface area contributed by atoms with Crippen molar-refractivity contribution in [3.8, 4) is 11.6 Å². The number of ether oxygens (including phenoxy) is 2. The third kappa shape index (κ3) is 7.41. The fourth-order valence-electron chi connectivity index (χ4n) is 1.78. The standard InChI is InChI=1S/C13H18N2O3.2C2H6/c1-9(16)8-17-11-3-4-13(15-7-11)18-12-5-10(6-12)14-2;2*1-2/h3-4,7,10,12,14H,5-6,8H2,1-2H3;2*1-2H3. The minimum atomic E-state index is -0.0112. The van der Waals surface area contributed by atoms with Gasteiger partial charge in [-0.25, -0.2) is 4.98 Å². The van der Waals surface area contributed by atoms with E-state index in [4.69, 9.17) is 9.47 Å². The number of hydrogen-bond acceptors (Lipinski definition) is 5. The molecule has 0 amide bonds. The summed E-state index contributed by atoms with van der Waals surface area (Å²) in [6.07, 6.45) is 3.85. The molecular weight excluding hydrogens is 280 g/mol. The molecule has 0 saturated heterocycles. The van der Waals surface area contributed by atoms with Crippen LogP contribution in [0.3, 0.4) is 0 Å². The van der Waals surface area contributed by atoms with Gasteiger partial charge in [0.15, 0.2) is 5.78 Å². The first-order valence-electron chi connectivity index (χ1n) is 8.09. The van der Waals surface area contributed by atoms with Crippen LogP contribution in [-0.4, -0.2) is 36.6 Å². The molecule has 0 atom stereocenters. The molecule has 1 fully saturated rings. The molecule has 1 aromatic rings. The van der Waals surface area contributed by atoms with Gasteiger partial charge >= 0.3 is 0 Å². The number of Topliss-reactive ketones (excluding diaryl/α,β-unsaturated/α-hetero) is 1. The van der Waals surface area contributed by atoms with E-state index < -0.39 is 0 Å². The van der Waals surface area contributed by atoms with Gasteiger partial charge in [-0.15, -0.1) is 0 Å². The number of nitrogens with one attached hydrogen (secondary N) is 1. The van der Waals surface area contributed by atoms with Crippen LogP contribution in [0, 0.1) is 0 Å². The van der Waals surface area contributed by atoms with Crippen LogP contribution in [0.2, 0.25) is 0 Å². The summed E-state index contributed by atoms with van der Waals surface area (Å²) in [4.78, 5) is 14.9. The normalized spacial score (nSPS) is 18.6. The summed E-state index contributed by atoms with van der Waals surface area (Å²) < 4.78 is 10.9. The third-order valence-corrected chi connectivity index (χ3v) is 2.94. The second kappa shape index (κ2) is 12.0. The zero-order chi connectivity index (χ0) is 17.0. The van der Waals surface area contributed by atoms with E-state index in [-0.39, 0.29) is 18.5 Å². The Hall–Kier alpha value is -1.62. The molecule has 1 saturated carbocycles. The summed E-state index contributed by atoms with van der Waals surface area (Å²) in [5, 5.41) is 3.20. The largest absolute Gasteiger partial charge is 0.484 e. The lowest BCUT2D eigenvalue weighted by molar-refractivity contribution is -0.118. The van der Waals surface area contributed by atoms with Crippen molar-refractivity contribution in [1.82, 2.24) is 10.3 Å². The van der Waals surface area contributed by atoms with Crippen LogP contribution in [0.25, 0.3) is 0 Å². The van der Waals surface area contributed by atoms with E-state index in [1.807, 2.05) is 34.7 Å². The van der Waals surface area contributed by atoms with Gasteiger partial charge in [-0.05, 0) is 32.9 Å². The van der Waals surface area contributed by atoms with E-state index >= 15 is 0 Å². The van der Waals surface area contributed by atoms with Gasteiger partial charge in [-0.2, -0.15) is 0 Å². The summed E-state index contributed by atoms with van der Waals surface area (Å²) in [6.45, 7) is 9.56. The molecule has 0 spiro atoms. The first kappa shape index (κ1) is 20.4. The number of carbonyl (C=O) groups is 1. The van der Waals surface area contributed by atoms with Crippen molar-refractivity contribution in [1.29, 1.82) is 0 Å². The van der Waals surface area contributed by atoms with Gasteiger partial charge in [0.1, 0.15) is 18.5 Å². The maximum atomic E-state index is 10.8. The maximum Gasteiger partial charge on any atom is 0.213 e. The van der Waals surface area contributed by atoms with Crippen molar-refractivity contribution in [2.45, 2.75) is 59.6 Å². The van der Waals surface area contributed by atoms with Crippen LogP contribution in [-0.2, 0) is 4.79 Å². The highest BCUT2D eigenvalue weighted by Gasteiger charge is 2.29. The Labute approximate surface area is 134 Å². The number of aromatic nitrogens is 1. The van der Waals surface area contributed by atoms with E-state index in [1.54, 1.807) is 18.3 Å². The van der Waals surface area contributed by atoms with Crippen LogP contribution in [0.4, 0.5) is 0 Å². The van der Waals surface area contributed by atoms with Crippen molar-refractivity contribution >= 4 is 5.78 Å². The number of carbonyl (C=O) groups excluding carboxylic acids is 1. The average Bonchev–Trinajstić information content (AvgIpc) is 2.53. The third-order valence-electron chi connectivity index (χ3n) is 2.94. The van der Waals surface area contributed by atoms with Crippen molar-refractivity contribution < 1.29 is 14.3 Å². The molecule has 0 aliphatic heterocycles. The van der Waals surface area contributed by atoms with Gasteiger partial charge < -0.3 is 14.8 Å². The molecule has 1 heterocycles. The van der Waals surface area contributed by atoms with E-state index in [2.05, 4.69) is 10.3 Å². The molecule has 1 aliphatic rings. The van der Waals surface area contributed by atoms with Gasteiger partial charge in [0.2, 0.25) is 5.88 Å². The van der Waals surface area contributed by atoms with Crippen LogP contribution >= 0.6 is 0 Å². The van der Waals surface area contributed by atoms with E-state index in [1.165, 1.54) is 6.92 Å². The first-order valence-corrected chi connectivity index (χ1v) is 8.09. The summed E-state index contributed by atoms with van der Waals surface area (Å²) in [7, 11) is 1.96. The number of hydrogen-bond donors (Lipinski definition) is 1. The average molecular weight is 310 g/mol. The van der Waals surface area contributed by atoms with E-state index in [0.717, 1.165) is 12.8 Å².